The molecule has 1 amide bonds. The van der Waals surface area contributed by atoms with Crippen molar-refractivity contribution in [1.82, 2.24) is 14.9 Å². The van der Waals surface area contributed by atoms with E-state index in [0.29, 0.717) is 23.1 Å². The van der Waals surface area contributed by atoms with Gasteiger partial charge in [0.25, 0.3) is 0 Å². The van der Waals surface area contributed by atoms with Gasteiger partial charge in [-0.25, -0.2) is 9.97 Å². The van der Waals surface area contributed by atoms with Crippen molar-refractivity contribution in [3.8, 4) is 0 Å². The van der Waals surface area contributed by atoms with Crippen LogP contribution in [-0.2, 0) is 17.6 Å². The molecular formula is C25H35N3OS2. The first-order valence-electron chi connectivity index (χ1n) is 12.1. The molecule has 0 N–H and O–H groups in total. The number of aryl methyl sites for hydroxylation is 1. The Kier molecular flexibility index (Phi) is 5.83. The van der Waals surface area contributed by atoms with Gasteiger partial charge in [0.2, 0.25) is 5.91 Å². The van der Waals surface area contributed by atoms with Gasteiger partial charge >= 0.3 is 0 Å². The average molecular weight is 458 g/mol. The molecule has 4 nitrogen and oxygen atoms in total. The Labute approximate surface area is 194 Å². The lowest BCUT2D eigenvalue weighted by Gasteiger charge is -2.34. The molecule has 0 radical (unpaired) electrons. The number of piperidine rings is 1. The third-order valence-corrected chi connectivity index (χ3v) is 9.62. The molecule has 2 aliphatic carbocycles. The van der Waals surface area contributed by atoms with E-state index < -0.39 is 0 Å². The minimum Gasteiger partial charge on any atom is -0.339 e. The van der Waals surface area contributed by atoms with Gasteiger partial charge in [0, 0.05) is 28.8 Å². The fraction of sp³-hybridized carbons (Fsp3) is 0.720. The van der Waals surface area contributed by atoms with E-state index in [4.69, 9.17) is 9.97 Å². The second kappa shape index (κ2) is 8.33. The number of fused-ring (bicyclic) bond motifs is 3. The standard InChI is InChI=1S/C25H35N3OS2/c1-15-7-5-6-12-28(15)20(29)14-30-23-21-18-11-10-17(25(2,3)4)13-19(18)31-24(21)27-22(26-23)16-8-9-16/h15-17H,5-14H2,1-4H3/t15-,17+/m0/s1. The maximum atomic E-state index is 13.0. The Hall–Kier alpha value is -1.14. The zero-order valence-corrected chi connectivity index (χ0v) is 21.0. The molecule has 168 valence electrons. The summed E-state index contributed by atoms with van der Waals surface area (Å²) in [5.41, 5.74) is 1.82. The largest absolute Gasteiger partial charge is 0.339 e. The van der Waals surface area contributed by atoms with Gasteiger partial charge in [-0.1, -0.05) is 32.5 Å². The van der Waals surface area contributed by atoms with Crippen molar-refractivity contribution in [1.29, 1.82) is 0 Å². The van der Waals surface area contributed by atoms with Crippen molar-refractivity contribution in [2.45, 2.75) is 96.0 Å². The quantitative estimate of drug-likeness (QED) is 0.404. The summed E-state index contributed by atoms with van der Waals surface area (Å²) in [5.74, 6) is 3.04. The van der Waals surface area contributed by atoms with Crippen molar-refractivity contribution in [2.75, 3.05) is 12.3 Å². The summed E-state index contributed by atoms with van der Waals surface area (Å²) in [7, 11) is 0. The number of amides is 1. The molecule has 2 atom stereocenters. The van der Waals surface area contributed by atoms with Crippen molar-refractivity contribution >= 4 is 39.2 Å². The highest BCUT2D eigenvalue weighted by Gasteiger charge is 2.34. The lowest BCUT2D eigenvalue weighted by Crippen LogP contribution is -2.42. The van der Waals surface area contributed by atoms with Crippen LogP contribution in [0.1, 0.15) is 88.4 Å². The normalized spacial score (nSPS) is 24.5. The third-order valence-electron chi connectivity index (χ3n) is 7.52. The maximum Gasteiger partial charge on any atom is 0.233 e. The van der Waals surface area contributed by atoms with E-state index in [1.165, 1.54) is 41.5 Å². The van der Waals surface area contributed by atoms with Crippen LogP contribution in [-0.4, -0.2) is 39.1 Å². The van der Waals surface area contributed by atoms with Crippen LogP contribution in [0, 0.1) is 11.3 Å². The summed E-state index contributed by atoms with van der Waals surface area (Å²) in [5, 5.41) is 2.33. The monoisotopic (exact) mass is 457 g/mol. The van der Waals surface area contributed by atoms with Gasteiger partial charge < -0.3 is 4.90 Å². The zero-order valence-electron chi connectivity index (χ0n) is 19.4. The smallest absolute Gasteiger partial charge is 0.233 e. The first-order valence-corrected chi connectivity index (χ1v) is 13.9. The van der Waals surface area contributed by atoms with Crippen LogP contribution in [0.4, 0.5) is 0 Å². The molecule has 0 unspecified atom stereocenters. The third kappa shape index (κ3) is 4.39. The molecule has 2 fully saturated rings. The summed E-state index contributed by atoms with van der Waals surface area (Å²) < 4.78 is 0. The van der Waals surface area contributed by atoms with Gasteiger partial charge in [-0.3, -0.25) is 4.79 Å². The Balaban J connectivity index is 1.44. The number of aromatic nitrogens is 2. The van der Waals surface area contributed by atoms with E-state index in [-0.39, 0.29) is 5.91 Å². The van der Waals surface area contributed by atoms with E-state index in [0.717, 1.165) is 53.8 Å². The zero-order chi connectivity index (χ0) is 21.8. The van der Waals surface area contributed by atoms with Crippen LogP contribution in [0.5, 0.6) is 0 Å². The molecule has 2 aromatic heterocycles. The predicted molar refractivity (Wildman–Crippen MR) is 130 cm³/mol. The summed E-state index contributed by atoms with van der Waals surface area (Å²) in [4.78, 5) is 27.8. The average Bonchev–Trinajstić information content (AvgIpc) is 3.51. The SMILES string of the molecule is C[C@H]1CCCCN1C(=O)CSc1nc(C2CC2)nc2sc3c(c12)CC[C@@H](C(C)(C)C)C3. The second-order valence-corrected chi connectivity index (χ2v) is 12.9. The van der Waals surface area contributed by atoms with Gasteiger partial charge in [0.15, 0.2) is 0 Å². The molecule has 1 saturated carbocycles. The highest BCUT2D eigenvalue weighted by molar-refractivity contribution is 8.00. The summed E-state index contributed by atoms with van der Waals surface area (Å²) in [6.45, 7) is 10.2. The van der Waals surface area contributed by atoms with E-state index in [9.17, 15) is 4.79 Å². The minimum absolute atomic E-state index is 0.272. The highest BCUT2D eigenvalue weighted by atomic mass is 32.2. The molecule has 3 aliphatic rings. The molecule has 0 spiro atoms. The number of rotatable bonds is 4. The molecule has 1 saturated heterocycles. The lowest BCUT2D eigenvalue weighted by atomic mass is 9.72. The molecule has 0 aromatic carbocycles. The molecule has 3 heterocycles. The highest BCUT2D eigenvalue weighted by Crippen LogP contribution is 2.46. The van der Waals surface area contributed by atoms with Crippen molar-refractivity contribution < 1.29 is 4.79 Å². The molecule has 2 aromatic rings. The number of thiophene rings is 1. The lowest BCUT2D eigenvalue weighted by molar-refractivity contribution is -0.131. The number of carbonyl (C=O) groups is 1. The van der Waals surface area contributed by atoms with Crippen LogP contribution in [0.15, 0.2) is 5.03 Å². The minimum atomic E-state index is 0.272. The van der Waals surface area contributed by atoms with E-state index in [2.05, 4.69) is 32.6 Å². The number of nitrogens with zero attached hydrogens (tertiary/aromatic N) is 3. The number of thioether (sulfide) groups is 1. The van der Waals surface area contributed by atoms with Gasteiger partial charge in [-0.05, 0) is 75.2 Å². The van der Waals surface area contributed by atoms with Gasteiger partial charge in [0.05, 0.1) is 5.75 Å². The van der Waals surface area contributed by atoms with Crippen LogP contribution < -0.4 is 0 Å². The number of carbonyl (C=O) groups excluding carboxylic acids is 1. The van der Waals surface area contributed by atoms with Crippen molar-refractivity contribution in [3.63, 3.8) is 0 Å². The summed E-state index contributed by atoms with van der Waals surface area (Å²) in [6, 6.07) is 0.373. The number of likely N-dealkylation sites (tertiary alicyclic amines) is 1. The Morgan fingerprint density at radius 2 is 1.97 bits per heavy atom. The first kappa shape index (κ1) is 21.7. The number of hydrogen-bond acceptors (Lipinski definition) is 5. The summed E-state index contributed by atoms with van der Waals surface area (Å²) >= 11 is 3.56. The Morgan fingerprint density at radius 1 is 1.16 bits per heavy atom. The predicted octanol–water partition coefficient (Wildman–Crippen LogP) is 6.21. The molecule has 1 aliphatic heterocycles. The topological polar surface area (TPSA) is 46.1 Å². The fourth-order valence-corrected chi connectivity index (χ4v) is 7.53. The second-order valence-electron chi connectivity index (χ2n) is 10.9. The van der Waals surface area contributed by atoms with Crippen LogP contribution in [0.2, 0.25) is 0 Å². The van der Waals surface area contributed by atoms with Gasteiger partial charge in [-0.2, -0.15) is 0 Å². The van der Waals surface area contributed by atoms with E-state index in [1.54, 1.807) is 11.8 Å². The Bertz CT molecular complexity index is 989. The van der Waals surface area contributed by atoms with E-state index >= 15 is 0 Å². The molecule has 5 rings (SSSR count). The van der Waals surface area contributed by atoms with Crippen LogP contribution in [0.25, 0.3) is 10.2 Å². The number of hydrogen-bond donors (Lipinski definition) is 0. The van der Waals surface area contributed by atoms with Crippen molar-refractivity contribution in [3.05, 3.63) is 16.3 Å². The Morgan fingerprint density at radius 3 is 2.68 bits per heavy atom. The molecule has 31 heavy (non-hydrogen) atoms. The van der Waals surface area contributed by atoms with Crippen molar-refractivity contribution in [2.24, 2.45) is 11.3 Å². The molecule has 0 bridgehead atoms. The van der Waals surface area contributed by atoms with Gasteiger partial charge in [-0.15, -0.1) is 11.3 Å². The van der Waals surface area contributed by atoms with Crippen LogP contribution in [0.3, 0.4) is 0 Å². The van der Waals surface area contributed by atoms with Gasteiger partial charge in [0.1, 0.15) is 15.7 Å². The van der Waals surface area contributed by atoms with Crippen LogP contribution >= 0.6 is 23.1 Å². The molecular weight excluding hydrogens is 422 g/mol. The van der Waals surface area contributed by atoms with E-state index in [1.807, 2.05) is 11.3 Å². The fourth-order valence-electron chi connectivity index (χ4n) is 5.21. The maximum absolute atomic E-state index is 13.0. The first-order chi connectivity index (χ1) is 14.8. The molecule has 6 heteroatoms. The summed E-state index contributed by atoms with van der Waals surface area (Å²) in [6.07, 6.45) is 9.44.